The summed E-state index contributed by atoms with van der Waals surface area (Å²) in [4.78, 5) is 24.5. The summed E-state index contributed by atoms with van der Waals surface area (Å²) in [5.74, 6) is -0.0932. The molecule has 2 fully saturated rings. The van der Waals surface area contributed by atoms with Crippen LogP contribution in [0.4, 0.5) is 5.69 Å². The lowest BCUT2D eigenvalue weighted by molar-refractivity contribution is -0.718. The molecule has 4 N–H and O–H groups in total. The van der Waals surface area contributed by atoms with Gasteiger partial charge in [0.1, 0.15) is 6.04 Å². The van der Waals surface area contributed by atoms with E-state index in [2.05, 4.69) is 22.0 Å². The maximum Gasteiger partial charge on any atom is 0.279 e. The summed E-state index contributed by atoms with van der Waals surface area (Å²) >= 11 is 0. The first-order valence-corrected chi connectivity index (χ1v) is 8.55. The van der Waals surface area contributed by atoms with Gasteiger partial charge >= 0.3 is 0 Å². The zero-order valence-corrected chi connectivity index (χ0v) is 13.9. The number of rotatable bonds is 3. The Hall–Kier alpha value is -1.88. The van der Waals surface area contributed by atoms with Crippen molar-refractivity contribution in [2.24, 2.45) is 0 Å². The number of quaternary nitrogens is 1. The van der Waals surface area contributed by atoms with Crippen molar-refractivity contribution in [3.05, 3.63) is 29.3 Å². The first-order chi connectivity index (χ1) is 11.0. The summed E-state index contributed by atoms with van der Waals surface area (Å²) in [5, 5.41) is 8.15. The fourth-order valence-corrected chi connectivity index (χ4v) is 3.86. The summed E-state index contributed by atoms with van der Waals surface area (Å²) < 4.78 is 0. The van der Waals surface area contributed by atoms with Crippen LogP contribution in [0.2, 0.25) is 0 Å². The highest BCUT2D eigenvalue weighted by Gasteiger charge is 2.40. The van der Waals surface area contributed by atoms with Crippen LogP contribution in [-0.2, 0) is 9.59 Å². The molecule has 1 saturated heterocycles. The molecule has 124 valence electrons. The molecule has 1 aliphatic heterocycles. The van der Waals surface area contributed by atoms with Crippen LogP contribution < -0.4 is 16.0 Å². The van der Waals surface area contributed by atoms with Crippen LogP contribution in [0.5, 0.6) is 0 Å². The molecule has 0 aromatic heterocycles. The van der Waals surface area contributed by atoms with Gasteiger partial charge < -0.3 is 16.0 Å². The van der Waals surface area contributed by atoms with Crippen molar-refractivity contribution in [3.8, 4) is 0 Å². The summed E-state index contributed by atoms with van der Waals surface area (Å²) in [6.45, 7) is 4.02. The van der Waals surface area contributed by atoms with E-state index in [1.807, 2.05) is 26.0 Å². The maximum atomic E-state index is 12.3. The highest BCUT2D eigenvalue weighted by atomic mass is 16.2. The Balaban J connectivity index is 1.59. The van der Waals surface area contributed by atoms with Crippen molar-refractivity contribution in [2.75, 3.05) is 5.32 Å². The van der Waals surface area contributed by atoms with E-state index >= 15 is 0 Å². The third kappa shape index (κ3) is 3.91. The van der Waals surface area contributed by atoms with Gasteiger partial charge in [-0.3, -0.25) is 9.59 Å². The molecule has 5 heteroatoms. The van der Waals surface area contributed by atoms with Crippen LogP contribution in [0.3, 0.4) is 0 Å². The summed E-state index contributed by atoms with van der Waals surface area (Å²) in [6.07, 6.45) is 4.82. The fraction of sp³-hybridized carbons (Fsp3) is 0.556. The van der Waals surface area contributed by atoms with Crippen LogP contribution in [0.15, 0.2) is 18.2 Å². The normalized spacial score (nSPS) is 27.0. The molecule has 3 atom stereocenters. The lowest BCUT2D eigenvalue weighted by atomic mass is 9.87. The summed E-state index contributed by atoms with van der Waals surface area (Å²) in [5.41, 5.74) is 3.04. The highest BCUT2D eigenvalue weighted by molar-refractivity contribution is 5.95. The smallest absolute Gasteiger partial charge is 0.279 e. The molecule has 23 heavy (non-hydrogen) atoms. The molecule has 2 amide bonds. The number of anilines is 1. The van der Waals surface area contributed by atoms with Crippen molar-refractivity contribution in [1.82, 2.24) is 5.32 Å². The zero-order valence-electron chi connectivity index (χ0n) is 13.9. The monoisotopic (exact) mass is 316 g/mol. The number of benzene rings is 1. The topological polar surface area (TPSA) is 74.8 Å². The third-order valence-electron chi connectivity index (χ3n) is 4.87. The number of fused-ring (bicyclic) bond motifs is 1. The molecule has 1 saturated carbocycles. The molecule has 1 aliphatic carbocycles. The van der Waals surface area contributed by atoms with E-state index in [1.165, 1.54) is 12.8 Å². The van der Waals surface area contributed by atoms with E-state index in [0.717, 1.165) is 29.7 Å². The van der Waals surface area contributed by atoms with Gasteiger partial charge in [0, 0.05) is 12.1 Å². The Bertz CT molecular complexity index is 594. The average Bonchev–Trinajstić information content (AvgIpc) is 2.46. The van der Waals surface area contributed by atoms with Crippen LogP contribution in [0, 0.1) is 13.8 Å². The second-order valence-electron chi connectivity index (χ2n) is 6.99. The lowest BCUT2D eigenvalue weighted by Crippen LogP contribution is -3.03. The van der Waals surface area contributed by atoms with Gasteiger partial charge in [0.2, 0.25) is 5.91 Å². The van der Waals surface area contributed by atoms with E-state index in [9.17, 15) is 9.59 Å². The number of hydrogen-bond donors (Lipinski definition) is 3. The molecule has 0 radical (unpaired) electrons. The number of nitrogens with one attached hydrogen (secondary N) is 2. The van der Waals surface area contributed by atoms with Crippen LogP contribution >= 0.6 is 0 Å². The SMILES string of the molecule is Cc1cc(C)cc(NC(=O)C[C@@H]2[NH2+][C@H]3CCCC[C@@H]3NC2=O)c1. The van der Waals surface area contributed by atoms with Crippen molar-refractivity contribution >= 4 is 17.5 Å². The van der Waals surface area contributed by atoms with E-state index in [0.29, 0.717) is 6.04 Å². The van der Waals surface area contributed by atoms with Gasteiger partial charge in [-0.05, 0) is 49.9 Å². The fourth-order valence-electron chi connectivity index (χ4n) is 3.86. The maximum absolute atomic E-state index is 12.3. The Morgan fingerprint density at radius 1 is 1.22 bits per heavy atom. The van der Waals surface area contributed by atoms with E-state index in [-0.39, 0.29) is 30.3 Å². The molecular weight excluding hydrogens is 290 g/mol. The predicted octanol–water partition coefficient (Wildman–Crippen LogP) is 1.01. The first kappa shape index (κ1) is 16.0. The number of carbonyl (C=O) groups is 2. The Morgan fingerprint density at radius 2 is 1.91 bits per heavy atom. The predicted molar refractivity (Wildman–Crippen MR) is 89.1 cm³/mol. The van der Waals surface area contributed by atoms with Gasteiger partial charge in [-0.25, -0.2) is 0 Å². The second-order valence-corrected chi connectivity index (χ2v) is 6.99. The standard InChI is InChI=1S/C18H25N3O2/c1-11-7-12(2)9-13(8-11)19-17(22)10-16-18(23)21-15-6-4-3-5-14(15)20-16/h7-9,14-16,20H,3-6,10H2,1-2H3,(H,19,22)(H,21,23)/p+1/t14-,15-,16-/m0/s1. The Morgan fingerprint density at radius 3 is 2.65 bits per heavy atom. The number of amides is 2. The molecule has 3 rings (SSSR count). The van der Waals surface area contributed by atoms with Gasteiger partial charge in [-0.2, -0.15) is 0 Å². The number of carbonyl (C=O) groups excluding carboxylic acids is 2. The minimum Gasteiger partial charge on any atom is -0.342 e. The van der Waals surface area contributed by atoms with Gasteiger partial charge in [0.25, 0.3) is 5.91 Å². The summed E-state index contributed by atoms with van der Waals surface area (Å²) in [7, 11) is 0. The van der Waals surface area contributed by atoms with Crippen LogP contribution in [-0.4, -0.2) is 29.9 Å². The summed E-state index contributed by atoms with van der Waals surface area (Å²) in [6, 6.07) is 6.39. The second kappa shape index (κ2) is 6.71. The van der Waals surface area contributed by atoms with Gasteiger partial charge in [0.15, 0.2) is 6.04 Å². The molecular formula is C18H26N3O2+. The minimum atomic E-state index is -0.305. The van der Waals surface area contributed by atoms with Crippen molar-refractivity contribution < 1.29 is 14.9 Å². The highest BCUT2D eigenvalue weighted by Crippen LogP contribution is 2.19. The largest absolute Gasteiger partial charge is 0.342 e. The molecule has 1 aromatic rings. The molecule has 2 aliphatic rings. The zero-order chi connectivity index (χ0) is 16.4. The molecule has 5 nitrogen and oxygen atoms in total. The number of aryl methyl sites for hydroxylation is 2. The molecule has 0 bridgehead atoms. The van der Waals surface area contributed by atoms with Crippen molar-refractivity contribution in [3.63, 3.8) is 0 Å². The Kier molecular flexibility index (Phi) is 4.66. The number of nitrogens with two attached hydrogens (primary N) is 1. The molecule has 1 aromatic carbocycles. The van der Waals surface area contributed by atoms with E-state index in [4.69, 9.17) is 0 Å². The molecule has 1 heterocycles. The van der Waals surface area contributed by atoms with Crippen LogP contribution in [0.1, 0.15) is 43.2 Å². The first-order valence-electron chi connectivity index (χ1n) is 8.55. The van der Waals surface area contributed by atoms with Crippen molar-refractivity contribution in [1.29, 1.82) is 0 Å². The number of piperazine rings is 1. The quantitative estimate of drug-likeness (QED) is 0.778. The van der Waals surface area contributed by atoms with E-state index in [1.54, 1.807) is 0 Å². The van der Waals surface area contributed by atoms with Crippen molar-refractivity contribution in [2.45, 2.75) is 64.1 Å². The number of hydrogen-bond acceptors (Lipinski definition) is 2. The molecule has 0 spiro atoms. The van der Waals surface area contributed by atoms with Gasteiger partial charge in [0.05, 0.1) is 12.5 Å². The average molecular weight is 316 g/mol. The lowest BCUT2D eigenvalue weighted by Gasteiger charge is -2.37. The minimum absolute atomic E-state index is 0.00345. The van der Waals surface area contributed by atoms with E-state index < -0.39 is 0 Å². The third-order valence-corrected chi connectivity index (χ3v) is 4.87. The van der Waals surface area contributed by atoms with Crippen LogP contribution in [0.25, 0.3) is 0 Å². The van der Waals surface area contributed by atoms with Gasteiger partial charge in [-0.1, -0.05) is 12.5 Å². The van der Waals surface area contributed by atoms with Gasteiger partial charge in [-0.15, -0.1) is 0 Å². The Labute approximate surface area is 137 Å². The molecule has 0 unspecified atom stereocenters.